The molecule has 1 aromatic heterocycles. The van der Waals surface area contributed by atoms with Gasteiger partial charge in [0.2, 0.25) is 0 Å². The van der Waals surface area contributed by atoms with E-state index in [1.54, 1.807) is 14.2 Å². The van der Waals surface area contributed by atoms with Crippen molar-refractivity contribution in [2.45, 2.75) is 26.0 Å². The fourth-order valence-electron chi connectivity index (χ4n) is 3.35. The van der Waals surface area contributed by atoms with E-state index in [0.717, 1.165) is 61.3 Å². The van der Waals surface area contributed by atoms with E-state index in [0.29, 0.717) is 11.6 Å². The minimum atomic E-state index is 0. The van der Waals surface area contributed by atoms with Crippen LogP contribution in [-0.4, -0.2) is 57.4 Å². The van der Waals surface area contributed by atoms with Crippen molar-refractivity contribution in [1.29, 1.82) is 0 Å². The Morgan fingerprint density at radius 3 is 2.87 bits per heavy atom. The molecule has 170 valence electrons. The highest BCUT2D eigenvalue weighted by Crippen LogP contribution is 2.22. The number of pyridine rings is 1. The van der Waals surface area contributed by atoms with Gasteiger partial charge in [-0.3, -0.25) is 4.99 Å². The van der Waals surface area contributed by atoms with E-state index < -0.39 is 0 Å². The molecule has 1 fully saturated rings. The summed E-state index contributed by atoms with van der Waals surface area (Å²) in [5, 5.41) is 7.40. The van der Waals surface area contributed by atoms with E-state index >= 15 is 0 Å². The van der Waals surface area contributed by atoms with Crippen molar-refractivity contribution in [2.75, 3.05) is 45.3 Å². The molecule has 2 N–H and O–H groups in total. The third-order valence-corrected chi connectivity index (χ3v) is 5.36. The highest BCUT2D eigenvalue weighted by atomic mass is 127. The molecule has 0 amide bonds. The zero-order valence-corrected chi connectivity index (χ0v) is 21.3. The van der Waals surface area contributed by atoms with Gasteiger partial charge in [-0.1, -0.05) is 17.7 Å². The lowest BCUT2D eigenvalue weighted by molar-refractivity contribution is 0.0529. The molecule has 3 rings (SSSR count). The first-order chi connectivity index (χ1) is 14.6. The van der Waals surface area contributed by atoms with E-state index in [1.807, 2.05) is 30.5 Å². The molecule has 7 nitrogen and oxygen atoms in total. The number of rotatable bonds is 7. The zero-order chi connectivity index (χ0) is 21.3. The van der Waals surface area contributed by atoms with Crippen LogP contribution in [0.1, 0.15) is 18.1 Å². The summed E-state index contributed by atoms with van der Waals surface area (Å²) in [5.41, 5.74) is 2.22. The Hall–Kier alpha value is -1.78. The average Bonchev–Trinajstić information content (AvgIpc) is 2.77. The monoisotopic (exact) mass is 559 g/mol. The van der Waals surface area contributed by atoms with Crippen LogP contribution < -0.4 is 20.3 Å². The molecule has 0 radical (unpaired) electrons. The van der Waals surface area contributed by atoms with Crippen LogP contribution in [0.25, 0.3) is 0 Å². The number of halogens is 2. The lowest BCUT2D eigenvalue weighted by Crippen LogP contribution is -2.41. The molecule has 0 spiro atoms. The number of nitrogens with zero attached hydrogens (tertiary/aromatic N) is 3. The van der Waals surface area contributed by atoms with Crippen LogP contribution in [0.5, 0.6) is 5.75 Å². The van der Waals surface area contributed by atoms with Gasteiger partial charge in [0.05, 0.1) is 19.8 Å². The zero-order valence-electron chi connectivity index (χ0n) is 18.2. The van der Waals surface area contributed by atoms with Crippen molar-refractivity contribution in [3.63, 3.8) is 0 Å². The summed E-state index contributed by atoms with van der Waals surface area (Å²) in [6, 6.07) is 9.88. The summed E-state index contributed by atoms with van der Waals surface area (Å²) in [7, 11) is 3.40. The predicted molar refractivity (Wildman–Crippen MR) is 137 cm³/mol. The third-order valence-electron chi connectivity index (χ3n) is 5.01. The van der Waals surface area contributed by atoms with Gasteiger partial charge < -0.3 is 25.0 Å². The minimum absolute atomic E-state index is 0. The van der Waals surface area contributed by atoms with Gasteiger partial charge in [0.15, 0.2) is 5.96 Å². The summed E-state index contributed by atoms with van der Waals surface area (Å²) < 4.78 is 10.8. The smallest absolute Gasteiger partial charge is 0.191 e. The highest BCUT2D eigenvalue weighted by Gasteiger charge is 2.18. The number of nitrogens with one attached hydrogen (secondary N) is 2. The molecule has 31 heavy (non-hydrogen) atoms. The number of methoxy groups -OCH3 is 1. The molecule has 1 saturated heterocycles. The Bertz CT molecular complexity index is 868. The van der Waals surface area contributed by atoms with Gasteiger partial charge in [-0.05, 0) is 48.7 Å². The number of hydrogen-bond donors (Lipinski definition) is 2. The van der Waals surface area contributed by atoms with Crippen molar-refractivity contribution in [3.05, 3.63) is 52.7 Å². The molecule has 0 aliphatic carbocycles. The molecule has 1 aliphatic rings. The largest absolute Gasteiger partial charge is 0.497 e. The molecule has 1 atom stereocenters. The highest BCUT2D eigenvalue weighted by molar-refractivity contribution is 14.0. The number of aliphatic imine (C=N–C) groups is 1. The van der Waals surface area contributed by atoms with Crippen molar-refractivity contribution in [1.82, 2.24) is 15.6 Å². The SMILES string of the molecule is CN=C(NCCc1ccc(OC)cc1Cl)NCc1ccnc(N2CCOC(C)C2)c1.I. The molecular weight excluding hydrogens is 529 g/mol. The molecule has 0 saturated carbocycles. The predicted octanol–water partition coefficient (Wildman–Crippen LogP) is 3.49. The fraction of sp³-hybridized carbons (Fsp3) is 0.455. The summed E-state index contributed by atoms with van der Waals surface area (Å²) in [4.78, 5) is 11.1. The van der Waals surface area contributed by atoms with Gasteiger partial charge in [0.1, 0.15) is 11.6 Å². The average molecular weight is 560 g/mol. The number of ether oxygens (including phenoxy) is 2. The molecule has 0 bridgehead atoms. The van der Waals surface area contributed by atoms with Gasteiger partial charge in [-0.25, -0.2) is 4.98 Å². The first-order valence-corrected chi connectivity index (χ1v) is 10.5. The summed E-state index contributed by atoms with van der Waals surface area (Å²) in [6.07, 6.45) is 2.87. The standard InChI is InChI=1S/C22H30ClN5O2.HI/c1-16-15-28(10-11-30-16)21-12-17(6-8-25-21)14-27-22(24-2)26-9-7-18-4-5-19(29-3)13-20(18)23;/h4-6,8,12-13,16H,7,9-11,14-15H2,1-3H3,(H2,24,26,27);1H. The fourth-order valence-corrected chi connectivity index (χ4v) is 3.61. The quantitative estimate of drug-likeness (QED) is 0.308. The van der Waals surface area contributed by atoms with Crippen LogP contribution >= 0.6 is 35.6 Å². The van der Waals surface area contributed by atoms with E-state index in [2.05, 4.69) is 38.5 Å². The first kappa shape index (κ1) is 25.5. The third kappa shape index (κ3) is 7.69. The maximum atomic E-state index is 6.32. The van der Waals surface area contributed by atoms with E-state index in [-0.39, 0.29) is 30.1 Å². The van der Waals surface area contributed by atoms with Crippen molar-refractivity contribution in [3.8, 4) is 5.75 Å². The van der Waals surface area contributed by atoms with Crippen molar-refractivity contribution >= 4 is 47.4 Å². The Balaban J connectivity index is 0.00000341. The second kappa shape index (κ2) is 12.9. The van der Waals surface area contributed by atoms with Gasteiger partial charge in [0.25, 0.3) is 0 Å². The second-order valence-electron chi connectivity index (χ2n) is 7.21. The van der Waals surface area contributed by atoms with Gasteiger partial charge in [-0.2, -0.15) is 0 Å². The number of guanidine groups is 1. The summed E-state index contributed by atoms with van der Waals surface area (Å²) >= 11 is 6.32. The Labute approximate surface area is 206 Å². The topological polar surface area (TPSA) is 71.0 Å². The molecule has 1 aromatic carbocycles. The molecular formula is C22H31ClIN5O2. The van der Waals surface area contributed by atoms with Crippen molar-refractivity contribution in [2.24, 2.45) is 4.99 Å². The second-order valence-corrected chi connectivity index (χ2v) is 7.62. The molecule has 1 unspecified atom stereocenters. The van der Waals surface area contributed by atoms with Crippen molar-refractivity contribution < 1.29 is 9.47 Å². The maximum absolute atomic E-state index is 6.32. The van der Waals surface area contributed by atoms with Crippen LogP contribution in [0.15, 0.2) is 41.5 Å². The van der Waals surface area contributed by atoms with Gasteiger partial charge in [-0.15, -0.1) is 24.0 Å². The van der Waals surface area contributed by atoms with Gasteiger partial charge >= 0.3 is 0 Å². The van der Waals surface area contributed by atoms with Gasteiger partial charge in [0, 0.05) is 44.4 Å². The van der Waals surface area contributed by atoms with Crippen LogP contribution in [-0.2, 0) is 17.7 Å². The minimum Gasteiger partial charge on any atom is -0.497 e. The number of aromatic nitrogens is 1. The Kier molecular flexibility index (Phi) is 10.6. The summed E-state index contributed by atoms with van der Waals surface area (Å²) in [5.74, 6) is 2.50. The Morgan fingerprint density at radius 1 is 1.32 bits per heavy atom. The summed E-state index contributed by atoms with van der Waals surface area (Å²) in [6.45, 7) is 5.94. The van der Waals surface area contributed by atoms with Crippen LogP contribution in [0, 0.1) is 0 Å². The van der Waals surface area contributed by atoms with Crippen LogP contribution in [0.3, 0.4) is 0 Å². The molecule has 2 aromatic rings. The lowest BCUT2D eigenvalue weighted by Gasteiger charge is -2.32. The number of hydrogen-bond acceptors (Lipinski definition) is 5. The first-order valence-electron chi connectivity index (χ1n) is 10.2. The molecule has 2 heterocycles. The van der Waals surface area contributed by atoms with E-state index in [4.69, 9.17) is 21.1 Å². The normalized spacial score (nSPS) is 16.5. The van der Waals surface area contributed by atoms with Crippen LogP contribution in [0.4, 0.5) is 5.82 Å². The lowest BCUT2D eigenvalue weighted by atomic mass is 10.1. The number of morpholine rings is 1. The Morgan fingerprint density at radius 2 is 2.16 bits per heavy atom. The van der Waals surface area contributed by atoms with Crippen LogP contribution in [0.2, 0.25) is 5.02 Å². The van der Waals surface area contributed by atoms with E-state index in [9.17, 15) is 0 Å². The maximum Gasteiger partial charge on any atom is 0.191 e. The molecule has 1 aliphatic heterocycles. The number of benzene rings is 1. The molecule has 9 heteroatoms. The number of anilines is 1. The van der Waals surface area contributed by atoms with E-state index in [1.165, 1.54) is 0 Å².